The molecule has 132 valence electrons. The van der Waals surface area contributed by atoms with Crippen LogP contribution in [-0.4, -0.2) is 48.7 Å². The minimum absolute atomic E-state index is 0.173. The number of pyridine rings is 1. The number of carbonyl (C=O) groups excluding carboxylic acids is 1. The summed E-state index contributed by atoms with van der Waals surface area (Å²) in [5, 5.41) is 1.07. The van der Waals surface area contributed by atoms with Crippen molar-refractivity contribution in [1.82, 2.24) is 9.88 Å². The monoisotopic (exact) mass is 340 g/mol. The molecule has 2 fully saturated rings. The van der Waals surface area contributed by atoms with Gasteiger partial charge in [-0.15, -0.1) is 0 Å². The highest BCUT2D eigenvalue weighted by Gasteiger charge is 2.41. The average molecular weight is 340 g/mol. The summed E-state index contributed by atoms with van der Waals surface area (Å²) in [6.45, 7) is 5.47. The summed E-state index contributed by atoms with van der Waals surface area (Å²) in [5.41, 5.74) is 2.03. The Bertz CT molecular complexity index is 784. The number of piperidine rings is 1. The zero-order valence-electron chi connectivity index (χ0n) is 14.7. The van der Waals surface area contributed by atoms with E-state index in [0.717, 1.165) is 54.9 Å². The second-order valence-electron chi connectivity index (χ2n) is 7.25. The maximum absolute atomic E-state index is 12.3. The fraction of sp³-hybridized carbons (Fsp3) is 0.500. The first-order valence-electron chi connectivity index (χ1n) is 9.00. The van der Waals surface area contributed by atoms with E-state index in [1.807, 2.05) is 36.1 Å². The standard InChI is InChI=1S/C20H24N2O3/c1-15-5-6-16-3-2-4-17(19(16)21-15)25-12-10-22-13-20(8-7-18(22)23)9-11-24-14-20/h2-6H,7-14H2,1H3. The predicted molar refractivity (Wildman–Crippen MR) is 95.7 cm³/mol. The van der Waals surface area contributed by atoms with Crippen LogP contribution in [0.3, 0.4) is 0 Å². The maximum atomic E-state index is 12.3. The summed E-state index contributed by atoms with van der Waals surface area (Å²) < 4.78 is 11.6. The molecule has 2 aliphatic heterocycles. The van der Waals surface area contributed by atoms with E-state index in [-0.39, 0.29) is 11.3 Å². The number of rotatable bonds is 4. The molecule has 2 aliphatic rings. The molecular formula is C20H24N2O3. The molecule has 1 atom stereocenters. The van der Waals surface area contributed by atoms with Crippen molar-refractivity contribution < 1.29 is 14.3 Å². The minimum Gasteiger partial charge on any atom is -0.489 e. The van der Waals surface area contributed by atoms with E-state index in [0.29, 0.717) is 19.6 Å². The lowest BCUT2D eigenvalue weighted by atomic mass is 9.79. The first-order valence-corrected chi connectivity index (χ1v) is 9.00. The second-order valence-corrected chi connectivity index (χ2v) is 7.25. The van der Waals surface area contributed by atoms with Crippen molar-refractivity contribution in [3.05, 3.63) is 36.0 Å². The Balaban J connectivity index is 1.42. The summed E-state index contributed by atoms with van der Waals surface area (Å²) in [5.74, 6) is 1.01. The molecule has 2 saturated heterocycles. The van der Waals surface area contributed by atoms with E-state index in [1.54, 1.807) is 0 Å². The van der Waals surface area contributed by atoms with Crippen molar-refractivity contribution in [3.8, 4) is 5.75 Å². The normalized spacial score (nSPS) is 23.6. The largest absolute Gasteiger partial charge is 0.489 e. The van der Waals surface area contributed by atoms with Gasteiger partial charge < -0.3 is 14.4 Å². The molecule has 0 saturated carbocycles. The van der Waals surface area contributed by atoms with Crippen LogP contribution < -0.4 is 4.74 Å². The van der Waals surface area contributed by atoms with Crippen molar-refractivity contribution in [2.45, 2.75) is 26.2 Å². The fourth-order valence-electron chi connectivity index (χ4n) is 3.88. The Kier molecular flexibility index (Phi) is 4.34. The smallest absolute Gasteiger partial charge is 0.222 e. The molecule has 1 spiro atoms. The number of carbonyl (C=O) groups is 1. The highest BCUT2D eigenvalue weighted by molar-refractivity contribution is 5.84. The van der Waals surface area contributed by atoms with Crippen LogP contribution in [-0.2, 0) is 9.53 Å². The highest BCUT2D eigenvalue weighted by atomic mass is 16.5. The molecule has 2 aromatic rings. The third-order valence-corrected chi connectivity index (χ3v) is 5.37. The van der Waals surface area contributed by atoms with Crippen molar-refractivity contribution in [2.24, 2.45) is 5.41 Å². The molecule has 4 rings (SSSR count). The molecule has 0 aliphatic carbocycles. The van der Waals surface area contributed by atoms with Crippen LogP contribution in [0, 0.1) is 12.3 Å². The summed E-state index contributed by atoms with van der Waals surface area (Å²) in [4.78, 5) is 18.8. The number of aryl methyl sites for hydroxylation is 1. The summed E-state index contributed by atoms with van der Waals surface area (Å²) in [6, 6.07) is 10.0. The van der Waals surface area contributed by atoms with Crippen molar-refractivity contribution in [1.29, 1.82) is 0 Å². The van der Waals surface area contributed by atoms with Crippen LogP contribution in [0.15, 0.2) is 30.3 Å². The predicted octanol–water partition coefficient (Wildman–Crippen LogP) is 2.95. The first kappa shape index (κ1) is 16.3. The molecule has 1 aromatic heterocycles. The van der Waals surface area contributed by atoms with E-state index >= 15 is 0 Å². The lowest BCUT2D eigenvalue weighted by Crippen LogP contribution is -2.48. The molecule has 25 heavy (non-hydrogen) atoms. The Labute approximate surface area is 147 Å². The van der Waals surface area contributed by atoms with E-state index in [1.165, 1.54) is 0 Å². The van der Waals surface area contributed by atoms with Gasteiger partial charge in [0.25, 0.3) is 0 Å². The van der Waals surface area contributed by atoms with Gasteiger partial charge in [-0.1, -0.05) is 18.2 Å². The SMILES string of the molecule is Cc1ccc2cccc(OCCN3CC4(CCOC4)CCC3=O)c2n1. The second kappa shape index (κ2) is 6.64. The number of likely N-dealkylation sites (tertiary alicyclic amines) is 1. The van der Waals surface area contributed by atoms with Crippen molar-refractivity contribution in [3.63, 3.8) is 0 Å². The number of hydrogen-bond acceptors (Lipinski definition) is 4. The van der Waals surface area contributed by atoms with Crippen molar-refractivity contribution >= 4 is 16.8 Å². The maximum Gasteiger partial charge on any atom is 0.222 e. The molecule has 0 N–H and O–H groups in total. The summed E-state index contributed by atoms with van der Waals surface area (Å²) >= 11 is 0. The van der Waals surface area contributed by atoms with Crippen LogP contribution >= 0.6 is 0 Å². The average Bonchev–Trinajstić information content (AvgIpc) is 3.07. The molecule has 1 aromatic carbocycles. The Morgan fingerprint density at radius 3 is 3.04 bits per heavy atom. The Morgan fingerprint density at radius 2 is 2.20 bits per heavy atom. The van der Waals surface area contributed by atoms with Crippen LogP contribution in [0.4, 0.5) is 0 Å². The minimum atomic E-state index is 0.173. The van der Waals surface area contributed by atoms with Crippen LogP contribution in [0.2, 0.25) is 0 Å². The van der Waals surface area contributed by atoms with Crippen LogP contribution in [0.25, 0.3) is 10.9 Å². The lowest BCUT2D eigenvalue weighted by Gasteiger charge is -2.39. The zero-order chi connectivity index (χ0) is 17.3. The number of nitrogens with zero attached hydrogens (tertiary/aromatic N) is 2. The zero-order valence-corrected chi connectivity index (χ0v) is 14.7. The molecule has 3 heterocycles. The van der Waals surface area contributed by atoms with Gasteiger partial charge in [0.15, 0.2) is 0 Å². The third-order valence-electron chi connectivity index (χ3n) is 5.37. The molecule has 1 unspecified atom stereocenters. The number of ether oxygens (including phenoxy) is 2. The van der Waals surface area contributed by atoms with Gasteiger partial charge in [0.05, 0.1) is 13.2 Å². The number of aromatic nitrogens is 1. The Morgan fingerprint density at radius 1 is 1.28 bits per heavy atom. The van der Waals surface area contributed by atoms with E-state index in [4.69, 9.17) is 9.47 Å². The number of hydrogen-bond donors (Lipinski definition) is 0. The Hall–Kier alpha value is -2.14. The number of benzene rings is 1. The lowest BCUT2D eigenvalue weighted by molar-refractivity contribution is -0.138. The molecule has 0 radical (unpaired) electrons. The van der Waals surface area contributed by atoms with E-state index in [2.05, 4.69) is 11.1 Å². The van der Waals surface area contributed by atoms with Gasteiger partial charge in [0.2, 0.25) is 5.91 Å². The van der Waals surface area contributed by atoms with E-state index < -0.39 is 0 Å². The first-order chi connectivity index (χ1) is 12.2. The number of fused-ring (bicyclic) bond motifs is 1. The van der Waals surface area contributed by atoms with Gasteiger partial charge in [-0.3, -0.25) is 4.79 Å². The molecule has 5 heteroatoms. The highest BCUT2D eigenvalue weighted by Crippen LogP contribution is 2.38. The molecule has 5 nitrogen and oxygen atoms in total. The topological polar surface area (TPSA) is 51.7 Å². The van der Waals surface area contributed by atoms with Gasteiger partial charge in [-0.2, -0.15) is 0 Å². The third kappa shape index (κ3) is 3.33. The van der Waals surface area contributed by atoms with E-state index in [9.17, 15) is 4.79 Å². The van der Waals surface area contributed by atoms with Crippen LogP contribution in [0.5, 0.6) is 5.75 Å². The molecule has 1 amide bonds. The van der Waals surface area contributed by atoms with Gasteiger partial charge >= 0.3 is 0 Å². The van der Waals surface area contributed by atoms with Crippen molar-refractivity contribution in [2.75, 3.05) is 32.9 Å². The number of para-hydroxylation sites is 1. The summed E-state index contributed by atoms with van der Waals surface area (Å²) in [6.07, 6.45) is 2.64. The molecule has 0 bridgehead atoms. The quantitative estimate of drug-likeness (QED) is 0.859. The van der Waals surface area contributed by atoms with Crippen LogP contribution in [0.1, 0.15) is 25.0 Å². The van der Waals surface area contributed by atoms with Gasteiger partial charge in [-0.25, -0.2) is 4.98 Å². The molecular weight excluding hydrogens is 316 g/mol. The fourth-order valence-corrected chi connectivity index (χ4v) is 3.88. The number of amides is 1. The van der Waals surface area contributed by atoms with Gasteiger partial charge in [-0.05, 0) is 31.9 Å². The summed E-state index contributed by atoms with van der Waals surface area (Å²) in [7, 11) is 0. The van der Waals surface area contributed by atoms with Gasteiger partial charge in [0.1, 0.15) is 17.9 Å². The van der Waals surface area contributed by atoms with Gasteiger partial charge in [0, 0.05) is 36.1 Å².